The van der Waals surface area contributed by atoms with Gasteiger partial charge in [0.25, 0.3) is 0 Å². The number of ether oxygens (including phenoxy) is 1. The Kier molecular flexibility index (Phi) is 5.30. The van der Waals surface area contributed by atoms with E-state index in [-0.39, 0.29) is 5.91 Å². The third-order valence-electron chi connectivity index (χ3n) is 3.63. The summed E-state index contributed by atoms with van der Waals surface area (Å²) in [7, 11) is 0. The zero-order chi connectivity index (χ0) is 17.0. The van der Waals surface area contributed by atoms with Crippen molar-refractivity contribution < 1.29 is 19.1 Å². The number of benzene rings is 1. The van der Waals surface area contributed by atoms with Gasteiger partial charge in [-0.1, -0.05) is 0 Å². The number of thioether (sulfide) groups is 1. The topological polar surface area (TPSA) is 75.7 Å². The number of rotatable bonds is 5. The molecular weight excluding hydrogens is 316 g/mol. The van der Waals surface area contributed by atoms with E-state index in [1.807, 2.05) is 13.8 Å². The number of amides is 2. The number of esters is 1. The van der Waals surface area contributed by atoms with E-state index in [1.54, 1.807) is 43.0 Å². The lowest BCUT2D eigenvalue weighted by atomic mass is 10.2. The first-order chi connectivity index (χ1) is 10.9. The van der Waals surface area contributed by atoms with E-state index in [2.05, 4.69) is 5.32 Å². The predicted molar refractivity (Wildman–Crippen MR) is 89.3 cm³/mol. The maximum absolute atomic E-state index is 12.4. The van der Waals surface area contributed by atoms with Gasteiger partial charge in [-0.3, -0.25) is 9.59 Å². The molecule has 23 heavy (non-hydrogen) atoms. The van der Waals surface area contributed by atoms with Crippen molar-refractivity contribution in [3.05, 3.63) is 29.8 Å². The van der Waals surface area contributed by atoms with Gasteiger partial charge in [0.1, 0.15) is 6.04 Å². The first-order valence-electron chi connectivity index (χ1n) is 7.34. The number of nitrogens with zero attached hydrogens (tertiary/aromatic N) is 1. The van der Waals surface area contributed by atoms with Crippen LogP contribution in [0, 0.1) is 0 Å². The zero-order valence-electron chi connectivity index (χ0n) is 13.4. The molecule has 0 saturated carbocycles. The van der Waals surface area contributed by atoms with Crippen molar-refractivity contribution in [3.8, 4) is 0 Å². The van der Waals surface area contributed by atoms with Gasteiger partial charge in [-0.15, -0.1) is 11.8 Å². The lowest BCUT2D eigenvalue weighted by Gasteiger charge is -2.30. The lowest BCUT2D eigenvalue weighted by molar-refractivity contribution is -0.130. The fourth-order valence-corrected chi connectivity index (χ4v) is 3.54. The number of hydrogen-bond acceptors (Lipinski definition) is 5. The summed E-state index contributed by atoms with van der Waals surface area (Å²) in [5.41, 5.74) is 1.00. The summed E-state index contributed by atoms with van der Waals surface area (Å²) >= 11 is 1.56. The Morgan fingerprint density at radius 3 is 2.61 bits per heavy atom. The van der Waals surface area contributed by atoms with Gasteiger partial charge in [-0.25, -0.2) is 4.79 Å². The molecule has 1 aromatic rings. The van der Waals surface area contributed by atoms with Crippen LogP contribution in [0.4, 0.5) is 5.69 Å². The normalized spacial score (nSPS) is 19.3. The van der Waals surface area contributed by atoms with E-state index in [9.17, 15) is 14.4 Å². The molecule has 1 heterocycles. The number of carbonyl (C=O) groups excluding carboxylic acids is 3. The highest BCUT2D eigenvalue weighted by molar-refractivity contribution is 8.00. The Morgan fingerprint density at radius 1 is 1.39 bits per heavy atom. The Balaban J connectivity index is 2.03. The van der Waals surface area contributed by atoms with Crippen LogP contribution in [0.15, 0.2) is 24.3 Å². The average Bonchev–Trinajstić information content (AvgIpc) is 2.82. The molecular formula is C16H20N2O4S. The van der Waals surface area contributed by atoms with Crippen LogP contribution in [0.1, 0.15) is 31.1 Å². The maximum Gasteiger partial charge on any atom is 0.338 e. The van der Waals surface area contributed by atoms with Gasteiger partial charge in [0.05, 0.1) is 17.0 Å². The molecule has 0 aliphatic carbocycles. The lowest BCUT2D eigenvalue weighted by Crippen LogP contribution is -2.47. The molecule has 1 aliphatic rings. The first-order valence-corrected chi connectivity index (χ1v) is 8.33. The Labute approximate surface area is 139 Å². The molecule has 124 valence electrons. The number of carbonyl (C=O) groups is 3. The molecule has 1 fully saturated rings. The fourth-order valence-electron chi connectivity index (χ4n) is 2.35. The highest BCUT2D eigenvalue weighted by Gasteiger charge is 2.42. The van der Waals surface area contributed by atoms with Gasteiger partial charge in [-0.05, 0) is 45.0 Å². The molecule has 0 bridgehead atoms. The monoisotopic (exact) mass is 336 g/mol. The highest BCUT2D eigenvalue weighted by Crippen LogP contribution is 2.37. The van der Waals surface area contributed by atoms with Crippen molar-refractivity contribution in [2.24, 2.45) is 0 Å². The molecule has 2 rings (SSSR count). The first kappa shape index (κ1) is 17.3. The quantitative estimate of drug-likeness (QED) is 0.658. The molecule has 7 heteroatoms. The minimum atomic E-state index is -0.503. The van der Waals surface area contributed by atoms with Crippen LogP contribution in [0.3, 0.4) is 0 Å². The van der Waals surface area contributed by atoms with Gasteiger partial charge in [0, 0.05) is 11.4 Å². The predicted octanol–water partition coefficient (Wildman–Crippen LogP) is 2.11. The number of anilines is 1. The molecule has 1 N–H and O–H groups in total. The second kappa shape index (κ2) is 7.04. The Morgan fingerprint density at radius 2 is 2.04 bits per heavy atom. The second-order valence-corrected chi connectivity index (χ2v) is 7.19. The van der Waals surface area contributed by atoms with Crippen molar-refractivity contribution >= 4 is 35.7 Å². The van der Waals surface area contributed by atoms with Crippen LogP contribution >= 0.6 is 11.8 Å². The van der Waals surface area contributed by atoms with Crippen molar-refractivity contribution in [2.45, 2.75) is 31.7 Å². The molecule has 1 aromatic carbocycles. The van der Waals surface area contributed by atoms with Gasteiger partial charge < -0.3 is 15.0 Å². The molecule has 0 spiro atoms. The molecule has 0 unspecified atom stereocenters. The fraction of sp³-hybridized carbons (Fsp3) is 0.438. The summed E-state index contributed by atoms with van der Waals surface area (Å²) in [5, 5.41) is 2.78. The summed E-state index contributed by atoms with van der Waals surface area (Å²) in [4.78, 5) is 36.3. The largest absolute Gasteiger partial charge is 0.462 e. The molecule has 1 atom stereocenters. The standard InChI is InChI=1S/C16H20N2O4S/c1-4-22-15(21)11-5-7-12(8-6-11)17-14(20)13-9-23-16(2,3)18(13)10-19/h5-8,10,13H,4,9H2,1-3H3,(H,17,20)/t13-/m0/s1. The van der Waals surface area contributed by atoms with Crippen molar-refractivity contribution in [1.82, 2.24) is 4.90 Å². The van der Waals surface area contributed by atoms with Crippen LogP contribution in [0.2, 0.25) is 0 Å². The van der Waals surface area contributed by atoms with Gasteiger partial charge in [-0.2, -0.15) is 0 Å². The van der Waals surface area contributed by atoms with E-state index < -0.39 is 16.9 Å². The third-order valence-corrected chi connectivity index (χ3v) is 5.03. The zero-order valence-corrected chi connectivity index (χ0v) is 14.2. The summed E-state index contributed by atoms with van der Waals surface area (Å²) < 4.78 is 4.91. The summed E-state index contributed by atoms with van der Waals surface area (Å²) in [6.45, 7) is 5.88. The molecule has 6 nitrogen and oxygen atoms in total. The van der Waals surface area contributed by atoms with Crippen molar-refractivity contribution in [2.75, 3.05) is 17.7 Å². The Bertz CT molecular complexity index is 601. The van der Waals surface area contributed by atoms with Crippen molar-refractivity contribution in [1.29, 1.82) is 0 Å². The maximum atomic E-state index is 12.4. The van der Waals surface area contributed by atoms with Crippen LogP contribution in [-0.4, -0.2) is 46.5 Å². The molecule has 0 aromatic heterocycles. The van der Waals surface area contributed by atoms with Crippen LogP contribution < -0.4 is 5.32 Å². The molecule has 1 saturated heterocycles. The van der Waals surface area contributed by atoms with Crippen molar-refractivity contribution in [3.63, 3.8) is 0 Å². The molecule has 2 amide bonds. The minimum absolute atomic E-state index is 0.237. The van der Waals surface area contributed by atoms with E-state index in [0.717, 1.165) is 0 Å². The van der Waals surface area contributed by atoms with Gasteiger partial charge >= 0.3 is 5.97 Å². The van der Waals surface area contributed by atoms with E-state index >= 15 is 0 Å². The Hall–Kier alpha value is -2.02. The second-order valence-electron chi connectivity index (χ2n) is 5.57. The molecule has 0 radical (unpaired) electrons. The average molecular weight is 336 g/mol. The van der Waals surface area contributed by atoms with Crippen LogP contribution in [-0.2, 0) is 14.3 Å². The highest BCUT2D eigenvalue weighted by atomic mass is 32.2. The summed E-state index contributed by atoms with van der Waals surface area (Å²) in [6, 6.07) is 5.97. The van der Waals surface area contributed by atoms with E-state index in [4.69, 9.17) is 4.74 Å². The third kappa shape index (κ3) is 3.85. The molecule has 1 aliphatic heterocycles. The summed E-state index contributed by atoms with van der Waals surface area (Å²) in [6.07, 6.45) is 0.716. The summed E-state index contributed by atoms with van der Waals surface area (Å²) in [5.74, 6) is -0.0797. The van der Waals surface area contributed by atoms with Gasteiger partial charge in [0.2, 0.25) is 12.3 Å². The minimum Gasteiger partial charge on any atom is -0.462 e. The number of hydrogen-bond donors (Lipinski definition) is 1. The van der Waals surface area contributed by atoms with Crippen LogP contribution in [0.5, 0.6) is 0 Å². The SMILES string of the molecule is CCOC(=O)c1ccc(NC(=O)[C@@H]2CSC(C)(C)N2C=O)cc1. The van der Waals surface area contributed by atoms with Crippen LogP contribution in [0.25, 0.3) is 0 Å². The van der Waals surface area contributed by atoms with E-state index in [0.29, 0.717) is 30.0 Å². The number of nitrogens with one attached hydrogen (secondary N) is 1. The smallest absolute Gasteiger partial charge is 0.338 e. The van der Waals surface area contributed by atoms with E-state index in [1.165, 1.54) is 4.90 Å². The van der Waals surface area contributed by atoms with Gasteiger partial charge in [0.15, 0.2) is 0 Å².